The van der Waals surface area contributed by atoms with Crippen LogP contribution in [0.2, 0.25) is 0 Å². The second-order valence-electron chi connectivity index (χ2n) is 7.38. The van der Waals surface area contributed by atoms with E-state index in [0.29, 0.717) is 36.6 Å². The summed E-state index contributed by atoms with van der Waals surface area (Å²) < 4.78 is 38.5. The van der Waals surface area contributed by atoms with E-state index in [1.54, 1.807) is 11.9 Å². The summed E-state index contributed by atoms with van der Waals surface area (Å²) in [5.41, 5.74) is 3.76. The Kier molecular flexibility index (Phi) is 5.23. The van der Waals surface area contributed by atoms with Crippen molar-refractivity contribution in [3.63, 3.8) is 0 Å². The third-order valence-corrected chi connectivity index (χ3v) is 5.34. The summed E-state index contributed by atoms with van der Waals surface area (Å²) in [6.45, 7) is 3.13. The van der Waals surface area contributed by atoms with Crippen molar-refractivity contribution in [2.45, 2.75) is 26.1 Å². The molecule has 2 aromatic heterocycles. The number of aryl methyl sites for hydroxylation is 1. The number of nitrogens with zero attached hydrogens (tertiary/aromatic N) is 6. The zero-order valence-electron chi connectivity index (χ0n) is 17.0. The number of aromatic nitrogens is 3. The van der Waals surface area contributed by atoms with Gasteiger partial charge in [0.1, 0.15) is 23.9 Å². The predicted molar refractivity (Wildman–Crippen MR) is 110 cm³/mol. The van der Waals surface area contributed by atoms with Crippen LogP contribution in [0.5, 0.6) is 0 Å². The topological polar surface area (TPSA) is 68.9 Å². The summed E-state index contributed by atoms with van der Waals surface area (Å²) >= 11 is 0. The molecule has 0 amide bonds. The van der Waals surface area contributed by atoms with Gasteiger partial charge in [0.15, 0.2) is 0 Å². The molecule has 1 aliphatic heterocycles. The van der Waals surface area contributed by atoms with Gasteiger partial charge in [0, 0.05) is 32.1 Å². The maximum absolute atomic E-state index is 12.8. The van der Waals surface area contributed by atoms with Gasteiger partial charge in [0.25, 0.3) is 0 Å². The van der Waals surface area contributed by atoms with Crippen molar-refractivity contribution in [3.8, 4) is 6.07 Å². The molecule has 0 spiro atoms. The Bertz CT molecular complexity index is 1150. The fourth-order valence-corrected chi connectivity index (χ4v) is 3.71. The predicted octanol–water partition coefficient (Wildman–Crippen LogP) is 4.40. The van der Waals surface area contributed by atoms with E-state index < -0.39 is 11.9 Å². The first-order chi connectivity index (χ1) is 14.8. The van der Waals surface area contributed by atoms with E-state index >= 15 is 0 Å². The van der Waals surface area contributed by atoms with Crippen molar-refractivity contribution >= 4 is 17.2 Å². The number of anilines is 3. The van der Waals surface area contributed by atoms with Crippen LogP contribution in [0.1, 0.15) is 28.1 Å². The van der Waals surface area contributed by atoms with E-state index in [1.807, 2.05) is 25.1 Å². The number of benzene rings is 1. The smallest absolute Gasteiger partial charge is 0.366 e. The van der Waals surface area contributed by atoms with Gasteiger partial charge < -0.3 is 9.80 Å². The number of fused-ring (bicyclic) bond motifs is 1. The second kappa shape index (κ2) is 7.87. The number of hydrogen-bond acceptors (Lipinski definition) is 6. The molecule has 3 heterocycles. The molecule has 0 fully saturated rings. The van der Waals surface area contributed by atoms with Crippen LogP contribution in [0.3, 0.4) is 0 Å². The van der Waals surface area contributed by atoms with Gasteiger partial charge in [-0.25, -0.2) is 15.0 Å². The van der Waals surface area contributed by atoms with Gasteiger partial charge in [0.2, 0.25) is 0 Å². The Hall–Kier alpha value is -3.67. The van der Waals surface area contributed by atoms with Gasteiger partial charge in [0.05, 0.1) is 28.8 Å². The summed E-state index contributed by atoms with van der Waals surface area (Å²) in [5.74, 6) is 0.599. The Labute approximate surface area is 177 Å². The SMILES string of the molecule is Cc1ccc(N2CCc3ncnc(N(C)c4ccc(C(F)(F)F)nc4)c3C2)c(C#N)c1. The molecule has 3 aromatic rings. The highest BCUT2D eigenvalue weighted by Gasteiger charge is 2.32. The average Bonchev–Trinajstić information content (AvgIpc) is 2.77. The third-order valence-electron chi connectivity index (χ3n) is 5.34. The van der Waals surface area contributed by atoms with Crippen LogP contribution in [0.25, 0.3) is 0 Å². The minimum Gasteiger partial charge on any atom is -0.366 e. The van der Waals surface area contributed by atoms with Crippen molar-refractivity contribution in [2.24, 2.45) is 0 Å². The van der Waals surface area contributed by atoms with E-state index in [9.17, 15) is 18.4 Å². The molecule has 0 bridgehead atoms. The molecule has 4 rings (SSSR count). The first-order valence-electron chi connectivity index (χ1n) is 9.63. The minimum atomic E-state index is -4.49. The maximum Gasteiger partial charge on any atom is 0.433 e. The molecule has 0 unspecified atom stereocenters. The molecule has 0 saturated carbocycles. The molecular weight excluding hydrogens is 405 g/mol. The van der Waals surface area contributed by atoms with Crippen LogP contribution < -0.4 is 9.80 Å². The maximum atomic E-state index is 12.8. The van der Waals surface area contributed by atoms with Crippen molar-refractivity contribution in [1.29, 1.82) is 5.26 Å². The monoisotopic (exact) mass is 424 g/mol. The summed E-state index contributed by atoms with van der Waals surface area (Å²) in [4.78, 5) is 16.1. The van der Waals surface area contributed by atoms with Gasteiger partial charge in [-0.15, -0.1) is 0 Å². The number of halogens is 3. The van der Waals surface area contributed by atoms with Crippen LogP contribution in [0.4, 0.5) is 30.4 Å². The molecule has 31 heavy (non-hydrogen) atoms. The highest BCUT2D eigenvalue weighted by molar-refractivity contribution is 5.66. The fourth-order valence-electron chi connectivity index (χ4n) is 3.71. The van der Waals surface area contributed by atoms with E-state index in [0.717, 1.165) is 28.6 Å². The second-order valence-corrected chi connectivity index (χ2v) is 7.38. The lowest BCUT2D eigenvalue weighted by atomic mass is 10.0. The first kappa shape index (κ1) is 20.6. The molecule has 6 nitrogen and oxygen atoms in total. The third kappa shape index (κ3) is 4.01. The largest absolute Gasteiger partial charge is 0.433 e. The number of nitriles is 1. The van der Waals surface area contributed by atoms with Crippen LogP contribution in [0, 0.1) is 18.3 Å². The van der Waals surface area contributed by atoms with Crippen molar-refractivity contribution < 1.29 is 13.2 Å². The number of alkyl halides is 3. The van der Waals surface area contributed by atoms with Crippen molar-refractivity contribution in [3.05, 3.63) is 70.9 Å². The lowest BCUT2D eigenvalue weighted by Gasteiger charge is -2.33. The molecule has 0 atom stereocenters. The number of rotatable bonds is 3. The van der Waals surface area contributed by atoms with Gasteiger partial charge in [-0.1, -0.05) is 6.07 Å². The highest BCUT2D eigenvalue weighted by Crippen LogP contribution is 2.34. The lowest BCUT2D eigenvalue weighted by Crippen LogP contribution is -2.33. The van der Waals surface area contributed by atoms with Crippen molar-refractivity contribution in [1.82, 2.24) is 15.0 Å². The summed E-state index contributed by atoms with van der Waals surface area (Å²) in [6, 6.07) is 10.3. The zero-order chi connectivity index (χ0) is 22.2. The van der Waals surface area contributed by atoms with Gasteiger partial charge >= 0.3 is 6.18 Å². The van der Waals surface area contributed by atoms with Crippen LogP contribution in [-0.2, 0) is 19.1 Å². The molecule has 0 aliphatic carbocycles. The Morgan fingerprint density at radius 1 is 1.13 bits per heavy atom. The normalized spacial score (nSPS) is 13.5. The Balaban J connectivity index is 1.67. The zero-order valence-corrected chi connectivity index (χ0v) is 17.0. The van der Waals surface area contributed by atoms with Gasteiger partial charge in [-0.2, -0.15) is 18.4 Å². The molecule has 1 aliphatic rings. The fraction of sp³-hybridized carbons (Fsp3) is 0.273. The Morgan fingerprint density at radius 2 is 1.94 bits per heavy atom. The van der Waals surface area contributed by atoms with Crippen LogP contribution in [-0.4, -0.2) is 28.5 Å². The average molecular weight is 424 g/mol. The summed E-state index contributed by atoms with van der Waals surface area (Å²) in [5, 5.41) is 9.54. The van der Waals surface area contributed by atoms with Crippen LogP contribution >= 0.6 is 0 Å². The van der Waals surface area contributed by atoms with E-state index in [4.69, 9.17) is 0 Å². The summed E-state index contributed by atoms with van der Waals surface area (Å²) in [7, 11) is 1.73. The highest BCUT2D eigenvalue weighted by atomic mass is 19.4. The quantitative estimate of drug-likeness (QED) is 0.621. The van der Waals surface area contributed by atoms with E-state index in [1.165, 1.54) is 18.6 Å². The van der Waals surface area contributed by atoms with E-state index in [-0.39, 0.29) is 0 Å². The van der Waals surface area contributed by atoms with Crippen molar-refractivity contribution in [2.75, 3.05) is 23.4 Å². The molecule has 0 radical (unpaired) electrons. The summed E-state index contributed by atoms with van der Waals surface area (Å²) in [6.07, 6.45) is -1.17. The van der Waals surface area contributed by atoms with Gasteiger partial charge in [-0.05, 0) is 36.8 Å². The lowest BCUT2D eigenvalue weighted by molar-refractivity contribution is -0.141. The molecule has 9 heteroatoms. The molecule has 0 saturated heterocycles. The number of hydrogen-bond donors (Lipinski definition) is 0. The first-order valence-corrected chi connectivity index (χ1v) is 9.63. The minimum absolute atomic E-state index is 0.485. The molecular formula is C22H19F3N6. The van der Waals surface area contributed by atoms with Crippen LogP contribution in [0.15, 0.2) is 42.9 Å². The van der Waals surface area contributed by atoms with Gasteiger partial charge in [-0.3, -0.25) is 0 Å². The van der Waals surface area contributed by atoms with E-state index in [2.05, 4.69) is 25.9 Å². The standard InChI is InChI=1S/C22H19F3N6/c1-14-3-5-19(15(9-14)10-26)31-8-7-18-17(12-31)21(29-13-28-18)30(2)16-4-6-20(27-11-16)22(23,24)25/h3-6,9,11,13H,7-8,12H2,1-2H3. The number of pyridine rings is 1. The molecule has 158 valence electrons. The molecule has 0 N–H and O–H groups in total. The Morgan fingerprint density at radius 3 is 2.61 bits per heavy atom. The molecule has 1 aromatic carbocycles.